The number of rotatable bonds is 4. The van der Waals surface area contributed by atoms with Gasteiger partial charge in [-0.2, -0.15) is 10.2 Å². The molecular weight excluding hydrogens is 304 g/mol. The minimum absolute atomic E-state index is 0.426. The summed E-state index contributed by atoms with van der Waals surface area (Å²) in [5.74, 6) is 0. The summed E-state index contributed by atoms with van der Waals surface area (Å²) in [4.78, 5) is 0. The van der Waals surface area contributed by atoms with Gasteiger partial charge in [0.2, 0.25) is 0 Å². The van der Waals surface area contributed by atoms with Crippen molar-refractivity contribution in [2.24, 2.45) is 10.2 Å². The molecule has 6 nitrogen and oxygen atoms in total. The molecule has 1 rings (SSSR count). The second-order valence-electron chi connectivity index (χ2n) is 3.91. The van der Waals surface area contributed by atoms with Gasteiger partial charge in [0.1, 0.15) is 5.71 Å². The molecule has 0 amide bonds. The van der Waals surface area contributed by atoms with Gasteiger partial charge in [-0.1, -0.05) is 30.3 Å². The standard InChI is InChI=1S/C13H18N6S2/c1-9(16-18-12(20)14-2)11(17-19-13(21)15-3)10-7-5-4-6-8-10/h4-8H,1-3H3,(H2,14,18,20)(H2,15,19,21)/b16-9+,17-11-. The van der Waals surface area contributed by atoms with Crippen molar-refractivity contribution in [3.8, 4) is 0 Å². The lowest BCUT2D eigenvalue weighted by Gasteiger charge is -2.09. The molecular formula is C13H18N6S2. The third kappa shape index (κ3) is 5.84. The highest BCUT2D eigenvalue weighted by molar-refractivity contribution is 7.80. The summed E-state index contributed by atoms with van der Waals surface area (Å²) in [5, 5.41) is 14.9. The third-order valence-corrected chi connectivity index (χ3v) is 3.03. The number of benzene rings is 1. The Bertz CT molecular complexity index is 553. The monoisotopic (exact) mass is 322 g/mol. The van der Waals surface area contributed by atoms with E-state index in [1.165, 1.54) is 0 Å². The highest BCUT2D eigenvalue weighted by Gasteiger charge is 2.08. The molecule has 0 radical (unpaired) electrons. The Morgan fingerprint density at radius 2 is 1.43 bits per heavy atom. The zero-order valence-electron chi connectivity index (χ0n) is 12.1. The van der Waals surface area contributed by atoms with E-state index in [4.69, 9.17) is 24.4 Å². The van der Waals surface area contributed by atoms with E-state index in [0.29, 0.717) is 21.6 Å². The van der Waals surface area contributed by atoms with E-state index in [0.717, 1.165) is 5.56 Å². The molecule has 0 aliphatic rings. The number of nitrogens with zero attached hydrogens (tertiary/aromatic N) is 2. The molecule has 0 aliphatic carbocycles. The predicted molar refractivity (Wildman–Crippen MR) is 95.7 cm³/mol. The zero-order valence-corrected chi connectivity index (χ0v) is 13.7. The van der Waals surface area contributed by atoms with Gasteiger partial charge in [-0.25, -0.2) is 0 Å². The predicted octanol–water partition coefficient (Wildman–Crippen LogP) is 0.954. The fourth-order valence-electron chi connectivity index (χ4n) is 1.36. The number of hydrogen-bond acceptors (Lipinski definition) is 4. The van der Waals surface area contributed by atoms with Crippen molar-refractivity contribution in [1.29, 1.82) is 0 Å². The SMILES string of the molecule is CNC(=S)N/N=C(C)/C(=N/NC(=S)NC)c1ccccc1. The molecule has 8 heteroatoms. The normalized spacial score (nSPS) is 11.6. The Kier molecular flexibility index (Phi) is 7.27. The van der Waals surface area contributed by atoms with E-state index < -0.39 is 0 Å². The second-order valence-corrected chi connectivity index (χ2v) is 4.72. The van der Waals surface area contributed by atoms with Gasteiger partial charge in [0, 0.05) is 19.7 Å². The lowest BCUT2D eigenvalue weighted by atomic mass is 10.1. The first kappa shape index (κ1) is 17.0. The van der Waals surface area contributed by atoms with E-state index in [1.54, 1.807) is 14.1 Å². The van der Waals surface area contributed by atoms with Crippen LogP contribution in [-0.2, 0) is 0 Å². The highest BCUT2D eigenvalue weighted by Crippen LogP contribution is 2.02. The summed E-state index contributed by atoms with van der Waals surface area (Å²) in [6, 6.07) is 9.69. The molecule has 0 atom stereocenters. The Hall–Kier alpha value is -2.06. The van der Waals surface area contributed by atoms with Crippen molar-refractivity contribution < 1.29 is 0 Å². The smallest absolute Gasteiger partial charge is 0.186 e. The van der Waals surface area contributed by atoms with Crippen LogP contribution in [0.15, 0.2) is 40.5 Å². The lowest BCUT2D eigenvalue weighted by Crippen LogP contribution is -2.32. The Morgan fingerprint density at radius 3 is 1.95 bits per heavy atom. The molecule has 0 aromatic heterocycles. The summed E-state index contributed by atoms with van der Waals surface area (Å²) >= 11 is 10.0. The van der Waals surface area contributed by atoms with Crippen LogP contribution in [0.5, 0.6) is 0 Å². The van der Waals surface area contributed by atoms with E-state index in [-0.39, 0.29) is 0 Å². The van der Waals surface area contributed by atoms with Gasteiger partial charge in [0.05, 0.1) is 5.71 Å². The molecule has 0 saturated carbocycles. The third-order valence-electron chi connectivity index (χ3n) is 2.44. The molecule has 21 heavy (non-hydrogen) atoms. The second kappa shape index (κ2) is 8.98. The van der Waals surface area contributed by atoms with Crippen LogP contribution in [0.2, 0.25) is 0 Å². The van der Waals surface area contributed by atoms with Gasteiger partial charge in [-0.15, -0.1) is 0 Å². The van der Waals surface area contributed by atoms with Crippen molar-refractivity contribution >= 4 is 46.1 Å². The largest absolute Gasteiger partial charge is 0.364 e. The molecule has 0 fully saturated rings. The van der Waals surface area contributed by atoms with Crippen LogP contribution in [0.25, 0.3) is 0 Å². The fraction of sp³-hybridized carbons (Fsp3) is 0.231. The average Bonchev–Trinajstić information content (AvgIpc) is 2.53. The van der Waals surface area contributed by atoms with Crippen LogP contribution in [0.1, 0.15) is 12.5 Å². The van der Waals surface area contributed by atoms with E-state index >= 15 is 0 Å². The first-order valence-electron chi connectivity index (χ1n) is 6.21. The van der Waals surface area contributed by atoms with Crippen molar-refractivity contribution in [3.05, 3.63) is 35.9 Å². The number of hydrazone groups is 2. The first-order valence-corrected chi connectivity index (χ1v) is 7.03. The van der Waals surface area contributed by atoms with Crippen molar-refractivity contribution in [1.82, 2.24) is 21.5 Å². The Balaban J connectivity index is 3.02. The molecule has 0 heterocycles. The van der Waals surface area contributed by atoms with Crippen LogP contribution in [0.4, 0.5) is 0 Å². The van der Waals surface area contributed by atoms with E-state index in [1.807, 2.05) is 37.3 Å². The molecule has 1 aromatic carbocycles. The first-order chi connectivity index (χ1) is 10.1. The topological polar surface area (TPSA) is 72.8 Å². The van der Waals surface area contributed by atoms with Crippen LogP contribution < -0.4 is 21.5 Å². The number of thiocarbonyl (C=S) groups is 2. The van der Waals surface area contributed by atoms with Crippen LogP contribution >= 0.6 is 24.4 Å². The molecule has 0 bridgehead atoms. The number of hydrogen-bond donors (Lipinski definition) is 4. The van der Waals surface area contributed by atoms with Gasteiger partial charge >= 0.3 is 0 Å². The molecule has 0 saturated heterocycles. The highest BCUT2D eigenvalue weighted by atomic mass is 32.1. The van der Waals surface area contributed by atoms with Crippen molar-refractivity contribution in [2.75, 3.05) is 14.1 Å². The van der Waals surface area contributed by atoms with E-state index in [9.17, 15) is 0 Å². The summed E-state index contributed by atoms with van der Waals surface area (Å²) < 4.78 is 0. The van der Waals surface area contributed by atoms with E-state index in [2.05, 4.69) is 31.7 Å². The minimum atomic E-state index is 0.426. The molecule has 1 aromatic rings. The molecule has 4 N–H and O–H groups in total. The van der Waals surface area contributed by atoms with Crippen LogP contribution in [-0.4, -0.2) is 35.7 Å². The van der Waals surface area contributed by atoms with Gasteiger partial charge < -0.3 is 10.6 Å². The maximum absolute atomic E-state index is 5.02. The summed E-state index contributed by atoms with van der Waals surface area (Å²) in [7, 11) is 3.44. The van der Waals surface area contributed by atoms with Gasteiger partial charge in [-0.05, 0) is 31.4 Å². The summed E-state index contributed by atoms with van der Waals surface area (Å²) in [6.45, 7) is 1.83. The minimum Gasteiger partial charge on any atom is -0.364 e. The maximum atomic E-state index is 5.02. The maximum Gasteiger partial charge on any atom is 0.186 e. The van der Waals surface area contributed by atoms with Crippen LogP contribution in [0, 0.1) is 0 Å². The molecule has 0 aliphatic heterocycles. The summed E-state index contributed by atoms with van der Waals surface area (Å²) in [6.07, 6.45) is 0. The molecule has 112 valence electrons. The van der Waals surface area contributed by atoms with Crippen molar-refractivity contribution in [3.63, 3.8) is 0 Å². The Labute approximate surface area is 135 Å². The van der Waals surface area contributed by atoms with Gasteiger partial charge in [-0.3, -0.25) is 10.9 Å². The molecule has 0 unspecified atom stereocenters. The van der Waals surface area contributed by atoms with Gasteiger partial charge in [0.15, 0.2) is 10.2 Å². The summed E-state index contributed by atoms with van der Waals surface area (Å²) in [5.41, 5.74) is 7.76. The number of nitrogens with one attached hydrogen (secondary N) is 4. The fourth-order valence-corrected chi connectivity index (χ4v) is 1.45. The lowest BCUT2D eigenvalue weighted by molar-refractivity contribution is 0.966. The van der Waals surface area contributed by atoms with Crippen molar-refractivity contribution in [2.45, 2.75) is 6.92 Å². The zero-order chi connectivity index (χ0) is 15.7. The quantitative estimate of drug-likeness (QED) is 0.376. The Morgan fingerprint density at radius 1 is 0.905 bits per heavy atom. The van der Waals surface area contributed by atoms with Crippen LogP contribution in [0.3, 0.4) is 0 Å². The molecule has 0 spiro atoms. The van der Waals surface area contributed by atoms with Gasteiger partial charge in [0.25, 0.3) is 0 Å². The average molecular weight is 322 g/mol.